The van der Waals surface area contributed by atoms with Gasteiger partial charge in [0.1, 0.15) is 5.75 Å². The first-order valence-corrected chi connectivity index (χ1v) is 9.21. The van der Waals surface area contributed by atoms with Crippen LogP contribution in [0.3, 0.4) is 0 Å². The Balaban J connectivity index is 1.71. The molecule has 0 saturated heterocycles. The summed E-state index contributed by atoms with van der Waals surface area (Å²) in [5.41, 5.74) is 0.686. The van der Waals surface area contributed by atoms with Gasteiger partial charge in [-0.15, -0.1) is 0 Å². The number of sulfonamides is 1. The number of aromatic nitrogens is 2. The van der Waals surface area contributed by atoms with E-state index < -0.39 is 15.8 Å². The molecule has 27 heavy (non-hydrogen) atoms. The Morgan fingerprint density at radius 2 is 1.85 bits per heavy atom. The zero-order valence-corrected chi connectivity index (χ0v) is 15.3. The number of ether oxygens (including phenoxy) is 2. The Labute approximate surface area is 155 Å². The summed E-state index contributed by atoms with van der Waals surface area (Å²) in [6, 6.07) is 10.3. The SMILES string of the molecule is COc1ccc(-c2noc(CNS(=O)(=O)c3ccc(OC)c(F)c3)n2)cc1. The first-order chi connectivity index (χ1) is 12.9. The molecular formula is C17H16FN3O5S. The van der Waals surface area contributed by atoms with Gasteiger partial charge in [0.15, 0.2) is 11.6 Å². The molecule has 10 heteroatoms. The van der Waals surface area contributed by atoms with E-state index in [0.717, 1.165) is 6.07 Å². The number of hydrogen-bond acceptors (Lipinski definition) is 7. The van der Waals surface area contributed by atoms with Crippen LogP contribution in [0.1, 0.15) is 5.89 Å². The lowest BCUT2D eigenvalue weighted by molar-refractivity contribution is 0.375. The van der Waals surface area contributed by atoms with Gasteiger partial charge in [-0.05, 0) is 42.5 Å². The molecule has 3 aromatic rings. The molecule has 0 amide bonds. The molecule has 0 saturated carbocycles. The van der Waals surface area contributed by atoms with Gasteiger partial charge < -0.3 is 14.0 Å². The molecule has 0 atom stereocenters. The minimum atomic E-state index is -3.96. The Kier molecular flexibility index (Phi) is 5.38. The fourth-order valence-electron chi connectivity index (χ4n) is 2.24. The summed E-state index contributed by atoms with van der Waals surface area (Å²) in [6.07, 6.45) is 0. The van der Waals surface area contributed by atoms with Gasteiger partial charge in [-0.25, -0.2) is 17.5 Å². The van der Waals surface area contributed by atoms with Crippen molar-refractivity contribution in [1.82, 2.24) is 14.9 Å². The van der Waals surface area contributed by atoms with E-state index in [1.165, 1.54) is 19.2 Å². The lowest BCUT2D eigenvalue weighted by Crippen LogP contribution is -2.23. The van der Waals surface area contributed by atoms with Crippen LogP contribution in [0.5, 0.6) is 11.5 Å². The van der Waals surface area contributed by atoms with Gasteiger partial charge in [0.05, 0.1) is 25.7 Å². The second-order valence-electron chi connectivity index (χ2n) is 5.36. The number of methoxy groups -OCH3 is 2. The summed E-state index contributed by atoms with van der Waals surface area (Å²) >= 11 is 0. The van der Waals surface area contributed by atoms with Crippen LogP contribution < -0.4 is 14.2 Å². The maximum Gasteiger partial charge on any atom is 0.242 e. The molecule has 0 fully saturated rings. The number of benzene rings is 2. The van der Waals surface area contributed by atoms with E-state index in [0.29, 0.717) is 17.1 Å². The van der Waals surface area contributed by atoms with E-state index in [9.17, 15) is 12.8 Å². The second-order valence-corrected chi connectivity index (χ2v) is 7.13. The molecule has 0 aliphatic carbocycles. The summed E-state index contributed by atoms with van der Waals surface area (Å²) in [5, 5.41) is 3.81. The lowest BCUT2D eigenvalue weighted by Gasteiger charge is -2.06. The van der Waals surface area contributed by atoms with Gasteiger partial charge in [-0.1, -0.05) is 5.16 Å². The van der Waals surface area contributed by atoms with E-state index in [2.05, 4.69) is 14.9 Å². The van der Waals surface area contributed by atoms with Gasteiger partial charge in [0.25, 0.3) is 0 Å². The average molecular weight is 393 g/mol. The maximum atomic E-state index is 13.7. The van der Waals surface area contributed by atoms with Gasteiger partial charge >= 0.3 is 0 Å². The highest BCUT2D eigenvalue weighted by Gasteiger charge is 2.18. The van der Waals surface area contributed by atoms with Crippen LogP contribution in [-0.4, -0.2) is 32.8 Å². The number of hydrogen-bond donors (Lipinski definition) is 1. The monoisotopic (exact) mass is 393 g/mol. The van der Waals surface area contributed by atoms with Crippen LogP contribution in [-0.2, 0) is 16.6 Å². The van der Waals surface area contributed by atoms with Crippen LogP contribution in [0.2, 0.25) is 0 Å². The van der Waals surface area contributed by atoms with Crippen LogP contribution >= 0.6 is 0 Å². The summed E-state index contributed by atoms with van der Waals surface area (Å²) in [7, 11) is -1.11. The van der Waals surface area contributed by atoms with Crippen molar-refractivity contribution in [1.29, 1.82) is 0 Å². The van der Waals surface area contributed by atoms with Crippen molar-refractivity contribution in [2.75, 3.05) is 14.2 Å². The third kappa shape index (κ3) is 4.23. The Hall–Kier alpha value is -2.98. The lowest BCUT2D eigenvalue weighted by atomic mass is 10.2. The average Bonchev–Trinajstić information content (AvgIpc) is 3.15. The van der Waals surface area contributed by atoms with Crippen molar-refractivity contribution in [2.45, 2.75) is 11.4 Å². The standard InChI is InChI=1S/C17H16FN3O5S/c1-24-12-5-3-11(4-6-12)17-20-16(26-21-17)10-19-27(22,23)13-7-8-15(25-2)14(18)9-13/h3-9,19H,10H2,1-2H3. The zero-order chi connectivity index (χ0) is 19.4. The molecule has 3 rings (SSSR count). The highest BCUT2D eigenvalue weighted by Crippen LogP contribution is 2.21. The fraction of sp³-hybridized carbons (Fsp3) is 0.176. The Morgan fingerprint density at radius 3 is 2.48 bits per heavy atom. The van der Waals surface area contributed by atoms with Crippen molar-refractivity contribution in [3.05, 3.63) is 54.2 Å². The van der Waals surface area contributed by atoms with E-state index in [4.69, 9.17) is 14.0 Å². The van der Waals surface area contributed by atoms with Crippen molar-refractivity contribution >= 4 is 10.0 Å². The van der Waals surface area contributed by atoms with Gasteiger partial charge in [0.2, 0.25) is 21.7 Å². The normalized spacial score (nSPS) is 11.4. The molecule has 8 nitrogen and oxygen atoms in total. The highest BCUT2D eigenvalue weighted by molar-refractivity contribution is 7.89. The summed E-state index contributed by atoms with van der Waals surface area (Å²) in [6.45, 7) is -0.237. The Morgan fingerprint density at radius 1 is 1.11 bits per heavy atom. The van der Waals surface area contributed by atoms with Gasteiger partial charge in [-0.3, -0.25) is 0 Å². The predicted molar refractivity (Wildman–Crippen MR) is 93.3 cm³/mol. The van der Waals surface area contributed by atoms with Gasteiger partial charge in [-0.2, -0.15) is 4.98 Å². The van der Waals surface area contributed by atoms with Crippen molar-refractivity contribution in [3.63, 3.8) is 0 Å². The molecule has 0 aliphatic heterocycles. The van der Waals surface area contributed by atoms with Crippen molar-refractivity contribution in [2.24, 2.45) is 0 Å². The molecule has 0 aliphatic rings. The number of rotatable bonds is 7. The first-order valence-electron chi connectivity index (χ1n) is 7.73. The zero-order valence-electron chi connectivity index (χ0n) is 14.5. The highest BCUT2D eigenvalue weighted by atomic mass is 32.2. The van der Waals surface area contributed by atoms with Crippen LogP contribution in [0.25, 0.3) is 11.4 Å². The summed E-state index contributed by atoms with van der Waals surface area (Å²) < 4.78 is 55.5. The molecule has 1 aromatic heterocycles. The van der Waals surface area contributed by atoms with Crippen LogP contribution in [0, 0.1) is 5.82 Å². The molecule has 0 unspecified atom stereocenters. The molecule has 142 valence electrons. The minimum absolute atomic E-state index is 0.0463. The largest absolute Gasteiger partial charge is 0.497 e. The van der Waals surface area contributed by atoms with Gasteiger partial charge in [0, 0.05) is 5.56 Å². The fourth-order valence-corrected chi connectivity index (χ4v) is 3.22. The maximum absolute atomic E-state index is 13.7. The number of nitrogens with one attached hydrogen (secondary N) is 1. The van der Waals surface area contributed by atoms with E-state index >= 15 is 0 Å². The third-order valence-electron chi connectivity index (χ3n) is 3.66. The van der Waals surface area contributed by atoms with E-state index in [-0.39, 0.29) is 23.1 Å². The minimum Gasteiger partial charge on any atom is -0.497 e. The molecule has 0 radical (unpaired) electrons. The Bertz CT molecular complexity index is 1030. The summed E-state index contributed by atoms with van der Waals surface area (Å²) in [4.78, 5) is 3.90. The smallest absolute Gasteiger partial charge is 0.242 e. The third-order valence-corrected chi connectivity index (χ3v) is 5.06. The number of nitrogens with zero attached hydrogens (tertiary/aromatic N) is 2. The molecule has 2 aromatic carbocycles. The molecule has 1 N–H and O–H groups in total. The molecular weight excluding hydrogens is 377 g/mol. The van der Waals surface area contributed by atoms with Crippen molar-refractivity contribution < 1.29 is 26.8 Å². The van der Waals surface area contributed by atoms with E-state index in [1.54, 1.807) is 31.4 Å². The molecule has 0 bridgehead atoms. The van der Waals surface area contributed by atoms with Crippen LogP contribution in [0.15, 0.2) is 51.9 Å². The molecule has 0 spiro atoms. The second kappa shape index (κ2) is 7.72. The van der Waals surface area contributed by atoms with Crippen molar-refractivity contribution in [3.8, 4) is 22.9 Å². The topological polar surface area (TPSA) is 104 Å². The van der Waals surface area contributed by atoms with Crippen LogP contribution in [0.4, 0.5) is 4.39 Å². The summed E-state index contributed by atoms with van der Waals surface area (Å²) in [5.74, 6) is 0.234. The van der Waals surface area contributed by atoms with E-state index in [1.807, 2.05) is 0 Å². The quantitative estimate of drug-likeness (QED) is 0.657. The number of halogens is 1. The predicted octanol–water partition coefficient (Wildman–Crippen LogP) is 2.37. The molecule has 1 heterocycles. The first kappa shape index (κ1) is 18.8.